The molecular weight excluding hydrogens is 609 g/mol. The average molecular weight is 643 g/mol. The Bertz CT molecular complexity index is 1540. The van der Waals surface area contributed by atoms with E-state index in [-0.39, 0.29) is 69.2 Å². The normalized spacial score (nSPS) is 19.5. The summed E-state index contributed by atoms with van der Waals surface area (Å²) in [5.74, 6) is 0.529. The molecule has 0 aliphatic carbocycles. The van der Waals surface area contributed by atoms with Crippen LogP contribution in [0.3, 0.4) is 0 Å². The zero-order valence-corrected chi connectivity index (χ0v) is 26.7. The molecule has 0 radical (unpaired) electrons. The van der Waals surface area contributed by atoms with Gasteiger partial charge in [0.15, 0.2) is 5.65 Å². The Balaban J connectivity index is 1.72. The molecule has 42 heavy (non-hydrogen) atoms. The zero-order valence-electron chi connectivity index (χ0n) is 24.4. The number of carbonyl (C=O) groups excluding carboxylic acids is 1. The van der Waals surface area contributed by atoms with E-state index in [1.165, 1.54) is 37.3 Å². The molecule has 0 spiro atoms. The first-order chi connectivity index (χ1) is 19.6. The number of amides is 1. The smallest absolute Gasteiger partial charge is 0.516 e. The molecular formula is C27H33Cl2N5O7S. The van der Waals surface area contributed by atoms with Crippen LogP contribution in [0.15, 0.2) is 28.3 Å². The fourth-order valence-corrected chi connectivity index (χ4v) is 5.75. The molecule has 0 N–H and O–H groups in total. The highest BCUT2D eigenvalue weighted by Gasteiger charge is 2.47. The number of likely N-dealkylation sites (N-methyl/N-ethyl adjacent to an activating group) is 1. The van der Waals surface area contributed by atoms with Crippen molar-refractivity contribution in [2.45, 2.75) is 44.1 Å². The Hall–Kier alpha value is -2.65. The third-order valence-electron chi connectivity index (χ3n) is 6.94. The molecule has 3 heterocycles. The van der Waals surface area contributed by atoms with E-state index in [9.17, 15) is 19.3 Å². The fourth-order valence-electron chi connectivity index (χ4n) is 4.63. The van der Waals surface area contributed by atoms with Crippen LogP contribution in [-0.4, -0.2) is 93.5 Å². The fraction of sp³-hybridized carbons (Fsp3) is 0.481. The van der Waals surface area contributed by atoms with Gasteiger partial charge < -0.3 is 24.0 Å². The van der Waals surface area contributed by atoms with Gasteiger partial charge in [0.1, 0.15) is 42.5 Å². The molecule has 1 amide bonds. The molecule has 1 fully saturated rings. The van der Waals surface area contributed by atoms with Gasteiger partial charge in [-0.2, -0.15) is 14.8 Å². The van der Waals surface area contributed by atoms with Crippen LogP contribution < -0.4 is 15.0 Å². The number of quaternary nitrogens is 1. The van der Waals surface area contributed by atoms with Gasteiger partial charge in [-0.05, 0) is 33.9 Å². The molecule has 3 aromatic rings. The van der Waals surface area contributed by atoms with Crippen molar-refractivity contribution in [1.82, 2.24) is 19.4 Å². The van der Waals surface area contributed by atoms with Crippen LogP contribution in [-0.2, 0) is 22.5 Å². The molecule has 0 bridgehead atoms. The first kappa shape index (κ1) is 32.3. The molecule has 228 valence electrons. The quantitative estimate of drug-likeness (QED) is 0.153. The zero-order chi connectivity index (χ0) is 31.1. The lowest BCUT2D eigenvalue weighted by molar-refractivity contribution is -0.856. The van der Waals surface area contributed by atoms with Crippen molar-refractivity contribution in [3.8, 4) is 22.6 Å². The number of likely N-dealkylation sites (tertiary alicyclic amines) is 1. The first-order valence-electron chi connectivity index (χ1n) is 13.0. The standard InChI is InChI=1S/C27H33Cl2N5O7S/c1-27(2,3)41-26(36)34(37)13-16(14-34)32(4)8-9-33-23-15(12-30-25(31-23)42(7)38)10-17(24(33)35)20-21(28)18(39-5)11-19(40-6)22(20)29/h10-12,16H,8-9,13-14H2,1-7H3. The van der Waals surface area contributed by atoms with Gasteiger partial charge in [-0.25, -0.2) is 0 Å². The van der Waals surface area contributed by atoms with E-state index < -0.39 is 33.1 Å². The third-order valence-corrected chi connectivity index (χ3v) is 8.40. The molecule has 1 unspecified atom stereocenters. The summed E-state index contributed by atoms with van der Waals surface area (Å²) >= 11 is 11.8. The van der Waals surface area contributed by atoms with Gasteiger partial charge in [0.05, 0.1) is 29.8 Å². The van der Waals surface area contributed by atoms with Gasteiger partial charge in [0.2, 0.25) is 0 Å². The number of methoxy groups -OCH3 is 2. The van der Waals surface area contributed by atoms with Crippen LogP contribution in [0.4, 0.5) is 4.79 Å². The predicted octanol–water partition coefficient (Wildman–Crippen LogP) is 4.08. The Morgan fingerprint density at radius 3 is 2.31 bits per heavy atom. The van der Waals surface area contributed by atoms with Crippen molar-refractivity contribution in [2.75, 3.05) is 47.2 Å². The maximum atomic E-state index is 14.1. The monoisotopic (exact) mass is 641 g/mol. The number of benzene rings is 1. The van der Waals surface area contributed by atoms with Crippen molar-refractivity contribution < 1.29 is 28.2 Å². The van der Waals surface area contributed by atoms with Crippen molar-refractivity contribution in [3.05, 3.63) is 43.9 Å². The van der Waals surface area contributed by atoms with Gasteiger partial charge >= 0.3 is 11.2 Å². The summed E-state index contributed by atoms with van der Waals surface area (Å²) < 4.78 is 28.6. The van der Waals surface area contributed by atoms with Gasteiger partial charge in [0, 0.05) is 47.5 Å². The Labute approximate surface area is 256 Å². The largest absolute Gasteiger partial charge is 0.622 e. The second kappa shape index (κ2) is 12.2. The number of pyridine rings is 1. The molecule has 1 aromatic carbocycles. The number of hydrogen-bond acceptors (Lipinski definition) is 10. The minimum Gasteiger partial charge on any atom is -0.622 e. The summed E-state index contributed by atoms with van der Waals surface area (Å²) in [6, 6.07) is 2.89. The summed E-state index contributed by atoms with van der Waals surface area (Å²) in [5, 5.41) is 13.7. The van der Waals surface area contributed by atoms with Crippen LogP contribution in [0.5, 0.6) is 11.5 Å². The molecule has 1 saturated heterocycles. The van der Waals surface area contributed by atoms with Crippen molar-refractivity contribution >= 4 is 51.5 Å². The van der Waals surface area contributed by atoms with Crippen molar-refractivity contribution in [3.63, 3.8) is 0 Å². The number of ether oxygens (including phenoxy) is 3. The van der Waals surface area contributed by atoms with Gasteiger partial charge in [-0.3, -0.25) is 18.9 Å². The summed E-state index contributed by atoms with van der Waals surface area (Å²) in [5.41, 5.74) is -0.571. The summed E-state index contributed by atoms with van der Waals surface area (Å²) in [4.78, 5) is 37.0. The highest BCUT2D eigenvalue weighted by atomic mass is 35.5. The van der Waals surface area contributed by atoms with Crippen molar-refractivity contribution in [2.24, 2.45) is 0 Å². The lowest BCUT2D eigenvalue weighted by atomic mass is 10.0. The summed E-state index contributed by atoms with van der Waals surface area (Å²) in [6.07, 6.45) is 2.11. The molecule has 1 atom stereocenters. The number of nitrogens with zero attached hydrogens (tertiary/aromatic N) is 5. The van der Waals surface area contributed by atoms with Gasteiger partial charge in [0.25, 0.3) is 5.56 Å². The van der Waals surface area contributed by atoms with E-state index in [0.717, 1.165) is 0 Å². The number of hydrogen-bond donors (Lipinski definition) is 0. The number of hydroxylamine groups is 3. The Morgan fingerprint density at radius 1 is 1.19 bits per heavy atom. The number of aromatic nitrogens is 3. The highest BCUT2D eigenvalue weighted by Crippen LogP contribution is 2.45. The number of fused-ring (bicyclic) bond motifs is 1. The van der Waals surface area contributed by atoms with Crippen LogP contribution >= 0.6 is 23.2 Å². The van der Waals surface area contributed by atoms with E-state index in [0.29, 0.717) is 11.9 Å². The number of rotatable bonds is 8. The molecule has 1 aliphatic heterocycles. The van der Waals surface area contributed by atoms with E-state index >= 15 is 0 Å². The maximum absolute atomic E-state index is 14.1. The lowest BCUT2D eigenvalue weighted by Crippen LogP contribution is -2.70. The van der Waals surface area contributed by atoms with Crippen LogP contribution in [0, 0.1) is 5.21 Å². The van der Waals surface area contributed by atoms with E-state index in [1.54, 1.807) is 26.8 Å². The van der Waals surface area contributed by atoms with Crippen LogP contribution in [0.25, 0.3) is 22.2 Å². The average Bonchev–Trinajstić information content (AvgIpc) is 2.89. The minimum absolute atomic E-state index is 0.0249. The maximum Gasteiger partial charge on any atom is 0.516 e. The van der Waals surface area contributed by atoms with E-state index in [1.807, 2.05) is 11.9 Å². The second-order valence-corrected chi connectivity index (χ2v) is 13.1. The van der Waals surface area contributed by atoms with Crippen molar-refractivity contribution in [1.29, 1.82) is 0 Å². The van der Waals surface area contributed by atoms with E-state index in [4.69, 9.17) is 37.4 Å². The molecule has 12 nitrogen and oxygen atoms in total. The highest BCUT2D eigenvalue weighted by molar-refractivity contribution is 7.90. The number of halogens is 2. The summed E-state index contributed by atoms with van der Waals surface area (Å²) in [6.45, 7) is 5.65. The topological polar surface area (TPSA) is 142 Å². The Morgan fingerprint density at radius 2 is 1.79 bits per heavy atom. The molecule has 2 aromatic heterocycles. The third kappa shape index (κ3) is 6.32. The second-order valence-electron chi connectivity index (χ2n) is 11.1. The summed E-state index contributed by atoms with van der Waals surface area (Å²) in [7, 11) is 4.68. The molecule has 15 heteroatoms. The molecule has 4 rings (SSSR count). The molecule has 0 saturated carbocycles. The predicted molar refractivity (Wildman–Crippen MR) is 161 cm³/mol. The Kier molecular flexibility index (Phi) is 9.34. The van der Waals surface area contributed by atoms with Crippen LogP contribution in [0.1, 0.15) is 20.8 Å². The molecule has 1 aliphatic rings. The number of carbonyl (C=O) groups is 1. The minimum atomic E-state index is -1.49. The lowest BCUT2D eigenvalue weighted by Gasteiger charge is -2.52. The van der Waals surface area contributed by atoms with E-state index in [2.05, 4.69) is 9.97 Å². The van der Waals surface area contributed by atoms with Crippen LogP contribution in [0.2, 0.25) is 10.0 Å². The SMILES string of the molecule is COc1cc(OC)c(Cl)c(-c2cc3cnc([S+](C)[O-])nc3n(CCN(C)C3C[N+]([O-])(C(=O)OC(C)(C)C)C3)c2=O)c1Cl. The van der Waals surface area contributed by atoms with Gasteiger partial charge in [-0.15, -0.1) is 0 Å². The first-order valence-corrected chi connectivity index (χ1v) is 15.3. The van der Waals surface area contributed by atoms with Gasteiger partial charge in [-0.1, -0.05) is 23.2 Å².